The van der Waals surface area contributed by atoms with Gasteiger partial charge in [-0.05, 0) is 42.0 Å². The molecule has 0 fully saturated rings. The lowest BCUT2D eigenvalue weighted by Gasteiger charge is -2.07. The molecule has 1 unspecified atom stereocenters. The van der Waals surface area contributed by atoms with E-state index in [1.165, 1.54) is 16.8 Å². The lowest BCUT2D eigenvalue weighted by molar-refractivity contribution is -0.539. The zero-order valence-corrected chi connectivity index (χ0v) is 14.2. The SMILES string of the molecule is O=C(N=[N+]1C=CC=CC1C=Cc1ccc(C(F)(F)F)cc1)c1ccccc1. The van der Waals surface area contributed by atoms with Crippen molar-refractivity contribution < 1.29 is 22.7 Å². The van der Waals surface area contributed by atoms with Crippen LogP contribution < -0.4 is 0 Å². The molecular weight excluding hydrogens is 353 g/mol. The number of amides is 1. The van der Waals surface area contributed by atoms with Crippen LogP contribution >= 0.6 is 0 Å². The molecule has 0 spiro atoms. The maximum atomic E-state index is 12.6. The molecule has 136 valence electrons. The van der Waals surface area contributed by atoms with E-state index in [-0.39, 0.29) is 11.9 Å². The van der Waals surface area contributed by atoms with Gasteiger partial charge in [0.05, 0.1) is 5.56 Å². The van der Waals surface area contributed by atoms with Gasteiger partial charge in [-0.2, -0.15) is 13.2 Å². The highest BCUT2D eigenvalue weighted by molar-refractivity contribution is 5.94. The first-order chi connectivity index (χ1) is 12.9. The summed E-state index contributed by atoms with van der Waals surface area (Å²) in [7, 11) is 0. The molecule has 2 aromatic carbocycles. The Balaban J connectivity index is 1.77. The van der Waals surface area contributed by atoms with Gasteiger partial charge in [0, 0.05) is 16.8 Å². The number of hydrogen-bond donors (Lipinski definition) is 0. The van der Waals surface area contributed by atoms with E-state index in [9.17, 15) is 18.0 Å². The molecule has 1 atom stereocenters. The summed E-state index contributed by atoms with van der Waals surface area (Å²) in [6.45, 7) is 0. The van der Waals surface area contributed by atoms with Crippen molar-refractivity contribution in [2.75, 3.05) is 0 Å². The van der Waals surface area contributed by atoms with E-state index >= 15 is 0 Å². The van der Waals surface area contributed by atoms with Crippen LogP contribution in [0.25, 0.3) is 6.08 Å². The minimum Gasteiger partial charge on any atom is -0.260 e. The summed E-state index contributed by atoms with van der Waals surface area (Å²) >= 11 is 0. The molecule has 2 aromatic rings. The smallest absolute Gasteiger partial charge is 0.260 e. The van der Waals surface area contributed by atoms with E-state index in [1.54, 1.807) is 48.7 Å². The number of rotatable bonds is 3. The van der Waals surface area contributed by atoms with Crippen molar-refractivity contribution in [1.82, 2.24) is 0 Å². The molecule has 0 saturated heterocycles. The Bertz CT molecular complexity index is 924. The summed E-state index contributed by atoms with van der Waals surface area (Å²) in [6, 6.07) is 13.3. The van der Waals surface area contributed by atoms with Gasteiger partial charge in [-0.3, -0.25) is 4.79 Å². The van der Waals surface area contributed by atoms with Gasteiger partial charge in [-0.15, -0.1) is 0 Å². The lowest BCUT2D eigenvalue weighted by Crippen LogP contribution is -2.19. The summed E-state index contributed by atoms with van der Waals surface area (Å²) in [5.74, 6) is -0.372. The predicted molar refractivity (Wildman–Crippen MR) is 96.0 cm³/mol. The van der Waals surface area contributed by atoms with Gasteiger partial charge in [0.1, 0.15) is 0 Å². The van der Waals surface area contributed by atoms with Gasteiger partial charge in [-0.25, -0.2) is 0 Å². The predicted octanol–water partition coefficient (Wildman–Crippen LogP) is 5.48. The molecule has 0 bridgehead atoms. The molecule has 0 radical (unpaired) electrons. The van der Waals surface area contributed by atoms with E-state index in [2.05, 4.69) is 5.11 Å². The van der Waals surface area contributed by atoms with Crippen LogP contribution in [0.2, 0.25) is 0 Å². The van der Waals surface area contributed by atoms with Crippen LogP contribution in [0.1, 0.15) is 21.5 Å². The van der Waals surface area contributed by atoms with Gasteiger partial charge in [0.15, 0.2) is 6.20 Å². The van der Waals surface area contributed by atoms with Crippen molar-refractivity contribution in [2.24, 2.45) is 5.11 Å². The number of azo groups is 2. The van der Waals surface area contributed by atoms with E-state index in [0.29, 0.717) is 11.1 Å². The summed E-state index contributed by atoms with van der Waals surface area (Å²) in [6.07, 6.45) is 6.19. The average molecular weight is 369 g/mol. The largest absolute Gasteiger partial charge is 0.416 e. The highest BCUT2D eigenvalue weighted by atomic mass is 19.4. The average Bonchev–Trinajstić information content (AvgIpc) is 2.67. The minimum atomic E-state index is -4.35. The van der Waals surface area contributed by atoms with Crippen LogP contribution in [0.15, 0.2) is 90.2 Å². The van der Waals surface area contributed by atoms with Crippen molar-refractivity contribution in [3.05, 3.63) is 102 Å². The Morgan fingerprint density at radius 2 is 1.70 bits per heavy atom. The number of alkyl halides is 3. The number of hydrogen-bond acceptors (Lipinski definition) is 1. The molecule has 1 aliphatic rings. The summed E-state index contributed by atoms with van der Waals surface area (Å²) in [5.41, 5.74) is 0.413. The fourth-order valence-electron chi connectivity index (χ4n) is 2.49. The van der Waals surface area contributed by atoms with Gasteiger partial charge in [0.2, 0.25) is 6.04 Å². The molecular formula is C21H16F3N2O+. The topological polar surface area (TPSA) is 32.4 Å². The number of benzene rings is 2. The monoisotopic (exact) mass is 369 g/mol. The maximum Gasteiger partial charge on any atom is 0.416 e. The van der Waals surface area contributed by atoms with Gasteiger partial charge < -0.3 is 0 Å². The van der Waals surface area contributed by atoms with Gasteiger partial charge in [-0.1, -0.05) is 47.2 Å². The number of carbonyl (C=O) groups excluding carboxylic acids is 1. The molecule has 0 N–H and O–H groups in total. The third-order valence-corrected chi connectivity index (χ3v) is 3.91. The second-order valence-electron chi connectivity index (χ2n) is 5.85. The lowest BCUT2D eigenvalue weighted by atomic mass is 10.1. The molecule has 0 saturated carbocycles. The second kappa shape index (κ2) is 7.95. The summed E-state index contributed by atoms with van der Waals surface area (Å²) in [5, 5.41) is 4.10. The Kier molecular flexibility index (Phi) is 5.45. The first-order valence-corrected chi connectivity index (χ1v) is 8.23. The Hall–Kier alpha value is -3.28. The molecule has 3 nitrogen and oxygen atoms in total. The van der Waals surface area contributed by atoms with Crippen molar-refractivity contribution in [3.8, 4) is 0 Å². The standard InChI is InChI=1S/C21H16F3N2O/c22-21(23,24)18-12-9-16(10-13-18)11-14-19-8-4-5-15-26(19)25-20(27)17-6-2-1-3-7-17/h1-15,19H/q+1. The van der Waals surface area contributed by atoms with Crippen molar-refractivity contribution in [1.29, 1.82) is 0 Å². The van der Waals surface area contributed by atoms with Gasteiger partial charge >= 0.3 is 12.1 Å². The molecule has 1 amide bonds. The first kappa shape index (κ1) is 18.5. The second-order valence-corrected chi connectivity index (χ2v) is 5.85. The third kappa shape index (κ3) is 4.88. The molecule has 3 rings (SSSR count). The molecule has 1 heterocycles. The zero-order chi connectivity index (χ0) is 19.3. The summed E-state index contributed by atoms with van der Waals surface area (Å²) in [4.78, 5) is 12.3. The Morgan fingerprint density at radius 3 is 2.37 bits per heavy atom. The molecule has 27 heavy (non-hydrogen) atoms. The van der Waals surface area contributed by atoms with Crippen LogP contribution in [0, 0.1) is 0 Å². The van der Waals surface area contributed by atoms with Gasteiger partial charge in [0.25, 0.3) is 0 Å². The number of nitrogens with zero attached hydrogens (tertiary/aromatic N) is 2. The number of halogens is 3. The fraction of sp³-hybridized carbons (Fsp3) is 0.0952. The van der Waals surface area contributed by atoms with Crippen molar-refractivity contribution >= 4 is 12.0 Å². The van der Waals surface area contributed by atoms with Crippen LogP contribution in [0.3, 0.4) is 0 Å². The third-order valence-electron chi connectivity index (χ3n) is 3.91. The minimum absolute atomic E-state index is 0.315. The first-order valence-electron chi connectivity index (χ1n) is 8.23. The van der Waals surface area contributed by atoms with Crippen LogP contribution in [-0.2, 0) is 6.18 Å². The van der Waals surface area contributed by atoms with E-state index in [1.807, 2.05) is 18.2 Å². The number of allylic oxidation sites excluding steroid dienone is 2. The van der Waals surface area contributed by atoms with Crippen LogP contribution in [-0.4, -0.2) is 16.6 Å². The normalized spacial score (nSPS) is 18.3. The highest BCUT2D eigenvalue weighted by Gasteiger charge is 2.29. The molecule has 0 aromatic heterocycles. The zero-order valence-electron chi connectivity index (χ0n) is 14.2. The van der Waals surface area contributed by atoms with E-state index in [4.69, 9.17) is 0 Å². The molecule has 1 aliphatic heterocycles. The Labute approximate surface area is 154 Å². The summed E-state index contributed by atoms with van der Waals surface area (Å²) < 4.78 is 39.4. The molecule has 6 heteroatoms. The molecule has 0 aliphatic carbocycles. The maximum absolute atomic E-state index is 12.6. The quantitative estimate of drug-likeness (QED) is 0.660. The van der Waals surface area contributed by atoms with Crippen LogP contribution in [0.5, 0.6) is 0 Å². The number of carbonyl (C=O) groups is 1. The van der Waals surface area contributed by atoms with Crippen molar-refractivity contribution in [2.45, 2.75) is 12.2 Å². The van der Waals surface area contributed by atoms with E-state index < -0.39 is 11.7 Å². The fourth-order valence-corrected chi connectivity index (χ4v) is 2.49. The van der Waals surface area contributed by atoms with Crippen molar-refractivity contribution in [3.63, 3.8) is 0 Å². The van der Waals surface area contributed by atoms with Crippen LogP contribution in [0.4, 0.5) is 13.2 Å². The highest BCUT2D eigenvalue weighted by Crippen LogP contribution is 2.29. The Morgan fingerprint density at radius 1 is 1.00 bits per heavy atom. The van der Waals surface area contributed by atoms with E-state index in [0.717, 1.165) is 12.1 Å².